The Labute approximate surface area is 69.2 Å². The molecule has 0 aromatic carbocycles. The molecule has 1 aromatic heterocycles. The minimum absolute atomic E-state index is 0.194. The molecule has 0 fully saturated rings. The molecule has 12 heavy (non-hydrogen) atoms. The zero-order valence-corrected chi connectivity index (χ0v) is 6.87. The van der Waals surface area contributed by atoms with Gasteiger partial charge >= 0.3 is 5.97 Å². The van der Waals surface area contributed by atoms with Crippen LogP contribution in [0, 0.1) is 0 Å². The molecule has 0 aliphatic heterocycles. The number of nitrogen functional groups attached to an aromatic ring is 1. The molecule has 0 amide bonds. The molecule has 0 spiro atoms. The summed E-state index contributed by atoms with van der Waals surface area (Å²) in [5.74, 6) is -0.523. The number of anilines is 1. The second-order valence-electron chi connectivity index (χ2n) is 3.05. The van der Waals surface area contributed by atoms with Crippen LogP contribution in [0.25, 0.3) is 0 Å². The predicted octanol–water partition coefficient (Wildman–Crippen LogP) is 0.619. The molecule has 0 aliphatic carbocycles. The van der Waals surface area contributed by atoms with E-state index in [1.807, 2.05) is 0 Å². The number of hydrogen-bond acceptors (Lipinski definition) is 4. The van der Waals surface area contributed by atoms with Crippen molar-refractivity contribution >= 4 is 11.8 Å². The largest absolute Gasteiger partial charge is 0.481 e. The van der Waals surface area contributed by atoms with Gasteiger partial charge in [-0.3, -0.25) is 4.79 Å². The molecule has 0 bridgehead atoms. The van der Waals surface area contributed by atoms with E-state index in [1.54, 1.807) is 0 Å². The van der Waals surface area contributed by atoms with Gasteiger partial charge in [-0.1, -0.05) is 5.16 Å². The van der Waals surface area contributed by atoms with Crippen molar-refractivity contribution in [3.8, 4) is 0 Å². The first-order valence-corrected chi connectivity index (χ1v) is 3.40. The third-order valence-electron chi connectivity index (χ3n) is 1.68. The zero-order chi connectivity index (χ0) is 9.35. The Kier molecular flexibility index (Phi) is 1.79. The number of aromatic nitrogens is 1. The Morgan fingerprint density at radius 3 is 2.67 bits per heavy atom. The molecule has 0 saturated heterocycles. The van der Waals surface area contributed by atoms with Crippen LogP contribution in [0.2, 0.25) is 0 Å². The smallest absolute Gasteiger partial charge is 0.316 e. The molecule has 1 heterocycles. The molecule has 0 radical (unpaired) electrons. The fraction of sp³-hybridized carbons (Fsp3) is 0.429. The number of carboxylic acid groups (broad SMARTS) is 1. The maximum atomic E-state index is 10.7. The van der Waals surface area contributed by atoms with Gasteiger partial charge in [0.05, 0.1) is 0 Å². The summed E-state index contributed by atoms with van der Waals surface area (Å²) >= 11 is 0. The summed E-state index contributed by atoms with van der Waals surface area (Å²) in [7, 11) is 0. The SMILES string of the molecule is CC(C)(C(=O)O)c1cc(N)no1. The van der Waals surface area contributed by atoms with Crippen molar-refractivity contribution in [2.24, 2.45) is 0 Å². The molecule has 66 valence electrons. The van der Waals surface area contributed by atoms with Crippen LogP contribution < -0.4 is 5.73 Å². The van der Waals surface area contributed by atoms with Gasteiger partial charge in [0, 0.05) is 6.07 Å². The molecule has 5 heteroatoms. The van der Waals surface area contributed by atoms with Crippen LogP contribution in [-0.2, 0) is 10.2 Å². The van der Waals surface area contributed by atoms with Crippen molar-refractivity contribution in [1.82, 2.24) is 5.16 Å². The number of carbonyl (C=O) groups is 1. The lowest BCUT2D eigenvalue weighted by atomic mass is 9.91. The molecule has 0 aliphatic rings. The Morgan fingerprint density at radius 1 is 1.75 bits per heavy atom. The summed E-state index contributed by atoms with van der Waals surface area (Å²) in [6, 6.07) is 1.41. The van der Waals surface area contributed by atoms with Crippen LogP contribution in [-0.4, -0.2) is 16.2 Å². The van der Waals surface area contributed by atoms with E-state index >= 15 is 0 Å². The first-order chi connectivity index (χ1) is 5.44. The normalized spacial score (nSPS) is 11.5. The van der Waals surface area contributed by atoms with E-state index < -0.39 is 11.4 Å². The fourth-order valence-corrected chi connectivity index (χ4v) is 0.689. The minimum atomic E-state index is -1.08. The maximum absolute atomic E-state index is 10.7. The van der Waals surface area contributed by atoms with E-state index in [0.717, 1.165) is 0 Å². The summed E-state index contributed by atoms with van der Waals surface area (Å²) in [4.78, 5) is 10.7. The van der Waals surface area contributed by atoms with Crippen LogP contribution in [0.15, 0.2) is 10.6 Å². The molecule has 1 aromatic rings. The topological polar surface area (TPSA) is 89.3 Å². The highest BCUT2D eigenvalue weighted by atomic mass is 16.5. The average Bonchev–Trinajstić information content (AvgIpc) is 2.35. The summed E-state index contributed by atoms with van der Waals surface area (Å²) in [6.45, 7) is 3.05. The monoisotopic (exact) mass is 170 g/mol. The van der Waals surface area contributed by atoms with E-state index in [-0.39, 0.29) is 11.6 Å². The highest BCUT2D eigenvalue weighted by Crippen LogP contribution is 2.24. The Hall–Kier alpha value is -1.52. The van der Waals surface area contributed by atoms with Crippen LogP contribution in [0.3, 0.4) is 0 Å². The first kappa shape index (κ1) is 8.58. The highest BCUT2D eigenvalue weighted by molar-refractivity contribution is 5.79. The van der Waals surface area contributed by atoms with E-state index in [1.165, 1.54) is 19.9 Å². The molecular weight excluding hydrogens is 160 g/mol. The second kappa shape index (κ2) is 2.51. The van der Waals surface area contributed by atoms with Crippen molar-refractivity contribution in [3.05, 3.63) is 11.8 Å². The van der Waals surface area contributed by atoms with E-state index in [0.29, 0.717) is 0 Å². The van der Waals surface area contributed by atoms with Crippen molar-refractivity contribution in [2.45, 2.75) is 19.3 Å². The molecule has 0 unspecified atom stereocenters. The van der Waals surface area contributed by atoms with E-state index in [9.17, 15) is 4.79 Å². The van der Waals surface area contributed by atoms with E-state index in [2.05, 4.69) is 5.16 Å². The second-order valence-corrected chi connectivity index (χ2v) is 3.05. The fourth-order valence-electron chi connectivity index (χ4n) is 0.689. The Balaban J connectivity index is 3.05. The minimum Gasteiger partial charge on any atom is -0.481 e. The molecular formula is C7H10N2O3. The van der Waals surface area contributed by atoms with Crippen LogP contribution in [0.1, 0.15) is 19.6 Å². The van der Waals surface area contributed by atoms with E-state index in [4.69, 9.17) is 15.4 Å². The third-order valence-corrected chi connectivity index (χ3v) is 1.68. The number of carboxylic acids is 1. The summed E-state index contributed by atoms with van der Waals surface area (Å²) < 4.78 is 4.73. The van der Waals surface area contributed by atoms with Gasteiger partial charge in [-0.15, -0.1) is 0 Å². The average molecular weight is 170 g/mol. The van der Waals surface area contributed by atoms with Gasteiger partial charge in [0.2, 0.25) is 0 Å². The number of rotatable bonds is 2. The van der Waals surface area contributed by atoms with Gasteiger partial charge < -0.3 is 15.4 Å². The Morgan fingerprint density at radius 2 is 2.33 bits per heavy atom. The number of nitrogens with zero attached hydrogens (tertiary/aromatic N) is 1. The molecule has 5 nitrogen and oxygen atoms in total. The molecule has 3 N–H and O–H groups in total. The molecule has 1 rings (SSSR count). The number of hydrogen-bond donors (Lipinski definition) is 2. The van der Waals surface area contributed by atoms with Crippen LogP contribution >= 0.6 is 0 Å². The quantitative estimate of drug-likeness (QED) is 0.679. The zero-order valence-electron chi connectivity index (χ0n) is 6.87. The molecule has 0 atom stereocenters. The maximum Gasteiger partial charge on any atom is 0.316 e. The molecule has 0 saturated carbocycles. The Bertz CT molecular complexity index is 303. The van der Waals surface area contributed by atoms with Gasteiger partial charge in [0.1, 0.15) is 5.41 Å². The lowest BCUT2D eigenvalue weighted by molar-refractivity contribution is -0.143. The van der Waals surface area contributed by atoms with Crippen LogP contribution in [0.5, 0.6) is 0 Å². The van der Waals surface area contributed by atoms with Gasteiger partial charge in [-0.05, 0) is 13.8 Å². The third kappa shape index (κ3) is 1.25. The number of nitrogens with two attached hydrogens (primary N) is 1. The highest BCUT2D eigenvalue weighted by Gasteiger charge is 2.33. The van der Waals surface area contributed by atoms with Crippen molar-refractivity contribution in [3.63, 3.8) is 0 Å². The summed E-state index contributed by atoms with van der Waals surface area (Å²) in [5.41, 5.74) is 4.20. The van der Waals surface area contributed by atoms with Crippen LogP contribution in [0.4, 0.5) is 5.82 Å². The van der Waals surface area contributed by atoms with Crippen molar-refractivity contribution in [1.29, 1.82) is 0 Å². The van der Waals surface area contributed by atoms with Gasteiger partial charge in [-0.25, -0.2) is 0 Å². The standard InChI is InChI=1S/C7H10N2O3/c1-7(2,6(10)11)4-3-5(8)9-12-4/h3H,1-2H3,(H2,8,9)(H,10,11). The van der Waals surface area contributed by atoms with Crippen molar-refractivity contribution in [2.75, 3.05) is 5.73 Å². The van der Waals surface area contributed by atoms with Gasteiger partial charge in [0.15, 0.2) is 11.6 Å². The predicted molar refractivity (Wildman–Crippen MR) is 41.6 cm³/mol. The first-order valence-electron chi connectivity index (χ1n) is 3.40. The summed E-state index contributed by atoms with van der Waals surface area (Å²) in [6.07, 6.45) is 0. The van der Waals surface area contributed by atoms with Gasteiger partial charge in [0.25, 0.3) is 0 Å². The van der Waals surface area contributed by atoms with Gasteiger partial charge in [-0.2, -0.15) is 0 Å². The summed E-state index contributed by atoms with van der Waals surface area (Å²) in [5, 5.41) is 12.2. The lowest BCUT2D eigenvalue weighted by Gasteiger charge is -2.13. The van der Waals surface area contributed by atoms with Crippen molar-refractivity contribution < 1.29 is 14.4 Å². The lowest BCUT2D eigenvalue weighted by Crippen LogP contribution is -2.27. The number of aliphatic carboxylic acids is 1.